The van der Waals surface area contributed by atoms with Crippen LogP contribution in [-0.2, 0) is 11.0 Å². The van der Waals surface area contributed by atoms with Crippen LogP contribution in [0.25, 0.3) is 0 Å². The molecule has 1 rings (SSSR count). The first-order chi connectivity index (χ1) is 8.25. The van der Waals surface area contributed by atoms with Gasteiger partial charge < -0.3 is 5.32 Å². The monoisotopic (exact) mass is 324 g/mol. The Balaban J connectivity index is 3.14. The van der Waals surface area contributed by atoms with Crippen molar-refractivity contribution in [3.63, 3.8) is 0 Å². The zero-order valence-corrected chi connectivity index (χ0v) is 10.2. The van der Waals surface area contributed by atoms with Crippen LogP contribution in [0.2, 0.25) is 0 Å². The number of nitrogens with one attached hydrogen (secondary N) is 1. The maximum Gasteiger partial charge on any atom is 0.417 e. The summed E-state index contributed by atoms with van der Waals surface area (Å²) in [7, 11) is 0. The number of anilines is 1. The molecule has 0 aliphatic heterocycles. The van der Waals surface area contributed by atoms with E-state index in [-0.39, 0.29) is 5.69 Å². The van der Waals surface area contributed by atoms with E-state index in [0.717, 1.165) is 6.07 Å². The highest BCUT2D eigenvalue weighted by atomic mass is 79.9. The molecule has 18 heavy (non-hydrogen) atoms. The Morgan fingerprint density at radius 3 is 2.56 bits per heavy atom. The maximum atomic E-state index is 13.2. The van der Waals surface area contributed by atoms with Crippen molar-refractivity contribution in [2.24, 2.45) is 0 Å². The predicted molar refractivity (Wildman–Crippen MR) is 58.0 cm³/mol. The molecule has 1 aromatic carbocycles. The fraction of sp³-hybridized carbons (Fsp3) is 0.200. The molecule has 1 N–H and O–H groups in total. The lowest BCUT2D eigenvalue weighted by Gasteiger charge is -2.12. The zero-order valence-electron chi connectivity index (χ0n) is 8.61. The Labute approximate surface area is 108 Å². The zero-order chi connectivity index (χ0) is 13.9. The van der Waals surface area contributed by atoms with Crippen LogP contribution in [0.5, 0.6) is 0 Å². The first kappa shape index (κ1) is 14.4. The van der Waals surface area contributed by atoms with Crippen LogP contribution >= 0.6 is 15.9 Å². The molecule has 0 atom stereocenters. The molecular formula is C10H5BrF4N2O. The fourth-order valence-electron chi connectivity index (χ4n) is 1.14. The van der Waals surface area contributed by atoms with E-state index < -0.39 is 34.4 Å². The largest absolute Gasteiger partial charge is 0.417 e. The fourth-order valence-corrected chi connectivity index (χ4v) is 1.60. The minimum absolute atomic E-state index is 0.358. The van der Waals surface area contributed by atoms with Gasteiger partial charge in [-0.15, -0.1) is 0 Å². The lowest BCUT2D eigenvalue weighted by molar-refractivity contribution is -0.138. The SMILES string of the molecule is N#CCC(=O)Nc1cc(F)c(Br)c(C(F)(F)F)c1. The second-order valence-electron chi connectivity index (χ2n) is 3.20. The quantitative estimate of drug-likeness (QED) is 0.847. The summed E-state index contributed by atoms with van der Waals surface area (Å²) in [4.78, 5) is 11.0. The molecular weight excluding hydrogens is 320 g/mol. The molecule has 96 valence electrons. The van der Waals surface area contributed by atoms with E-state index in [0.29, 0.717) is 6.07 Å². The van der Waals surface area contributed by atoms with E-state index in [1.807, 2.05) is 5.32 Å². The van der Waals surface area contributed by atoms with Gasteiger partial charge in [0, 0.05) is 5.69 Å². The summed E-state index contributed by atoms with van der Waals surface area (Å²) in [6, 6.07) is 2.84. The Bertz CT molecular complexity index is 522. The number of benzene rings is 1. The standard InChI is InChI=1S/C10H5BrF4N2O/c11-9-6(10(13,14)15)3-5(4-7(9)12)17-8(18)1-2-16/h3-4H,1H2,(H,17,18). The van der Waals surface area contributed by atoms with Gasteiger partial charge in [0.2, 0.25) is 5.91 Å². The number of rotatable bonds is 2. The van der Waals surface area contributed by atoms with Gasteiger partial charge in [0.15, 0.2) is 0 Å². The lowest BCUT2D eigenvalue weighted by Crippen LogP contribution is -2.13. The van der Waals surface area contributed by atoms with Crippen molar-refractivity contribution in [2.45, 2.75) is 12.6 Å². The van der Waals surface area contributed by atoms with E-state index in [9.17, 15) is 22.4 Å². The Hall–Kier alpha value is -1.62. The van der Waals surface area contributed by atoms with Crippen LogP contribution in [0.3, 0.4) is 0 Å². The molecule has 0 radical (unpaired) electrons. The maximum absolute atomic E-state index is 13.2. The third kappa shape index (κ3) is 3.43. The molecule has 0 bridgehead atoms. The van der Waals surface area contributed by atoms with E-state index in [1.54, 1.807) is 0 Å². The minimum atomic E-state index is -4.75. The highest BCUT2D eigenvalue weighted by Crippen LogP contribution is 2.37. The molecule has 0 heterocycles. The summed E-state index contributed by atoms with van der Waals surface area (Å²) in [6.45, 7) is 0. The summed E-state index contributed by atoms with van der Waals surface area (Å²) in [6.07, 6.45) is -5.28. The van der Waals surface area contributed by atoms with Crippen molar-refractivity contribution in [1.29, 1.82) is 5.26 Å². The van der Waals surface area contributed by atoms with Crippen LogP contribution in [-0.4, -0.2) is 5.91 Å². The van der Waals surface area contributed by atoms with Crippen LogP contribution in [0, 0.1) is 17.1 Å². The van der Waals surface area contributed by atoms with Gasteiger partial charge in [0.1, 0.15) is 12.2 Å². The average Bonchev–Trinajstić information content (AvgIpc) is 2.21. The predicted octanol–water partition coefficient (Wildman–Crippen LogP) is 3.46. The molecule has 3 nitrogen and oxygen atoms in total. The summed E-state index contributed by atoms with van der Waals surface area (Å²) in [5, 5.41) is 10.2. The van der Waals surface area contributed by atoms with E-state index >= 15 is 0 Å². The van der Waals surface area contributed by atoms with Crippen molar-refractivity contribution in [1.82, 2.24) is 0 Å². The molecule has 0 saturated carbocycles. The van der Waals surface area contributed by atoms with Gasteiger partial charge >= 0.3 is 6.18 Å². The highest BCUT2D eigenvalue weighted by Gasteiger charge is 2.34. The van der Waals surface area contributed by atoms with Crippen molar-refractivity contribution in [3.05, 3.63) is 28.0 Å². The van der Waals surface area contributed by atoms with Crippen molar-refractivity contribution < 1.29 is 22.4 Å². The number of carbonyl (C=O) groups excluding carboxylic acids is 1. The highest BCUT2D eigenvalue weighted by molar-refractivity contribution is 9.10. The van der Waals surface area contributed by atoms with Crippen molar-refractivity contribution >= 4 is 27.5 Å². The van der Waals surface area contributed by atoms with Crippen LogP contribution in [0.4, 0.5) is 23.2 Å². The molecule has 1 amide bonds. The van der Waals surface area contributed by atoms with Gasteiger partial charge in [-0.2, -0.15) is 18.4 Å². The van der Waals surface area contributed by atoms with Gasteiger partial charge in [-0.1, -0.05) is 0 Å². The second kappa shape index (κ2) is 5.35. The molecule has 0 unspecified atom stereocenters. The summed E-state index contributed by atoms with van der Waals surface area (Å²) >= 11 is 2.49. The van der Waals surface area contributed by atoms with E-state index in [2.05, 4.69) is 15.9 Å². The first-order valence-corrected chi connectivity index (χ1v) is 5.28. The number of nitrogens with zero attached hydrogens (tertiary/aromatic N) is 1. The number of hydrogen-bond acceptors (Lipinski definition) is 2. The van der Waals surface area contributed by atoms with Gasteiger partial charge in [0.05, 0.1) is 16.1 Å². The summed E-state index contributed by atoms with van der Waals surface area (Å²) in [5.74, 6) is -1.97. The number of carbonyl (C=O) groups is 1. The number of hydrogen-bond donors (Lipinski definition) is 1. The topological polar surface area (TPSA) is 52.9 Å². The normalized spacial score (nSPS) is 10.9. The van der Waals surface area contributed by atoms with Crippen molar-refractivity contribution in [2.75, 3.05) is 5.32 Å². The molecule has 0 fully saturated rings. The van der Waals surface area contributed by atoms with E-state index in [4.69, 9.17) is 5.26 Å². The van der Waals surface area contributed by atoms with Gasteiger partial charge in [0.25, 0.3) is 0 Å². The lowest BCUT2D eigenvalue weighted by atomic mass is 10.2. The third-order valence-corrected chi connectivity index (χ3v) is 2.66. The number of amides is 1. The third-order valence-electron chi connectivity index (χ3n) is 1.86. The first-order valence-electron chi connectivity index (χ1n) is 4.48. The summed E-state index contributed by atoms with van der Waals surface area (Å²) < 4.78 is 50.1. The molecule has 8 heteroatoms. The van der Waals surface area contributed by atoms with Gasteiger partial charge in [-0.3, -0.25) is 4.79 Å². The number of halogens is 5. The van der Waals surface area contributed by atoms with Crippen LogP contribution < -0.4 is 5.32 Å². The molecule has 0 aliphatic rings. The molecule has 1 aromatic rings. The number of nitriles is 1. The van der Waals surface area contributed by atoms with Crippen molar-refractivity contribution in [3.8, 4) is 6.07 Å². The molecule has 0 aliphatic carbocycles. The Morgan fingerprint density at radius 1 is 1.44 bits per heavy atom. The van der Waals surface area contributed by atoms with Crippen LogP contribution in [0.15, 0.2) is 16.6 Å². The molecule has 0 aromatic heterocycles. The van der Waals surface area contributed by atoms with Crippen LogP contribution in [0.1, 0.15) is 12.0 Å². The minimum Gasteiger partial charge on any atom is -0.325 e. The second-order valence-corrected chi connectivity index (χ2v) is 3.99. The molecule has 0 spiro atoms. The molecule has 0 saturated heterocycles. The smallest absolute Gasteiger partial charge is 0.325 e. The average molecular weight is 325 g/mol. The number of alkyl halides is 3. The van der Waals surface area contributed by atoms with Gasteiger partial charge in [-0.05, 0) is 28.1 Å². The summed E-state index contributed by atoms with van der Waals surface area (Å²) in [5.41, 5.74) is -1.60. The Morgan fingerprint density at radius 2 is 2.06 bits per heavy atom. The van der Waals surface area contributed by atoms with E-state index in [1.165, 1.54) is 6.07 Å². The van der Waals surface area contributed by atoms with Gasteiger partial charge in [-0.25, -0.2) is 4.39 Å². The Kier molecular flexibility index (Phi) is 4.29.